The summed E-state index contributed by atoms with van der Waals surface area (Å²) in [6.07, 6.45) is 0. The number of rotatable bonds is 6. The number of ether oxygens (including phenoxy) is 3. The number of hydrogen-bond acceptors (Lipinski definition) is 6. The summed E-state index contributed by atoms with van der Waals surface area (Å²) < 4.78 is 69.5. The summed E-state index contributed by atoms with van der Waals surface area (Å²) in [7, 11) is -4.32. The van der Waals surface area contributed by atoms with E-state index < -0.39 is 34.2 Å². The molecular formula is C18H17F2NO6S. The number of nitrogens with zero attached hydrogens (tertiary/aromatic N) is 1. The number of benzene rings is 2. The van der Waals surface area contributed by atoms with Crippen LogP contribution in [0.2, 0.25) is 0 Å². The first-order valence-electron chi connectivity index (χ1n) is 8.36. The topological polar surface area (TPSA) is 82.1 Å². The Morgan fingerprint density at radius 3 is 2.46 bits per heavy atom. The van der Waals surface area contributed by atoms with Crippen LogP contribution in [0.3, 0.4) is 0 Å². The summed E-state index contributed by atoms with van der Waals surface area (Å²) in [6.45, 7) is 1.48. The lowest BCUT2D eigenvalue weighted by molar-refractivity contribution is -0.141. The van der Waals surface area contributed by atoms with Crippen molar-refractivity contribution < 1.29 is 36.2 Å². The van der Waals surface area contributed by atoms with Gasteiger partial charge in [-0.05, 0) is 31.2 Å². The van der Waals surface area contributed by atoms with Gasteiger partial charge in [0.15, 0.2) is 23.1 Å². The van der Waals surface area contributed by atoms with E-state index in [-0.39, 0.29) is 29.5 Å². The molecule has 0 saturated heterocycles. The minimum Gasteiger partial charge on any atom is -0.486 e. The highest BCUT2D eigenvalue weighted by molar-refractivity contribution is 7.92. The van der Waals surface area contributed by atoms with E-state index in [0.717, 1.165) is 12.1 Å². The molecule has 0 aromatic heterocycles. The second-order valence-corrected chi connectivity index (χ2v) is 7.58. The van der Waals surface area contributed by atoms with E-state index in [1.54, 1.807) is 6.92 Å². The van der Waals surface area contributed by atoms with Gasteiger partial charge in [0.05, 0.1) is 17.2 Å². The molecule has 1 aliphatic heterocycles. The highest BCUT2D eigenvalue weighted by atomic mass is 32.2. The van der Waals surface area contributed by atoms with Crippen LogP contribution < -0.4 is 13.8 Å². The van der Waals surface area contributed by atoms with E-state index >= 15 is 0 Å². The van der Waals surface area contributed by atoms with Crippen molar-refractivity contribution in [1.82, 2.24) is 0 Å². The molecule has 0 unspecified atom stereocenters. The maximum atomic E-state index is 13.7. The van der Waals surface area contributed by atoms with Crippen LogP contribution in [0, 0.1) is 11.6 Å². The number of sulfonamides is 1. The summed E-state index contributed by atoms with van der Waals surface area (Å²) in [4.78, 5) is 11.7. The SMILES string of the molecule is CCOC(=O)CN(c1ccc(F)c(F)c1)S(=O)(=O)c1ccc2c(c1)OCCO2. The average Bonchev–Trinajstić information content (AvgIpc) is 2.68. The average molecular weight is 413 g/mol. The van der Waals surface area contributed by atoms with Crippen molar-refractivity contribution in [3.05, 3.63) is 48.0 Å². The molecule has 2 aromatic rings. The van der Waals surface area contributed by atoms with Gasteiger partial charge in [-0.25, -0.2) is 17.2 Å². The summed E-state index contributed by atoms with van der Waals surface area (Å²) in [5.41, 5.74) is -0.221. The van der Waals surface area contributed by atoms with Gasteiger partial charge in [-0.2, -0.15) is 0 Å². The molecule has 0 N–H and O–H groups in total. The van der Waals surface area contributed by atoms with Crippen LogP contribution in [-0.4, -0.2) is 40.8 Å². The lowest BCUT2D eigenvalue weighted by Crippen LogP contribution is -2.36. The zero-order valence-corrected chi connectivity index (χ0v) is 15.7. The molecule has 7 nitrogen and oxygen atoms in total. The highest BCUT2D eigenvalue weighted by Crippen LogP contribution is 2.34. The monoisotopic (exact) mass is 413 g/mol. The number of hydrogen-bond donors (Lipinski definition) is 0. The van der Waals surface area contributed by atoms with E-state index in [0.29, 0.717) is 22.7 Å². The van der Waals surface area contributed by atoms with Crippen molar-refractivity contribution in [2.75, 3.05) is 30.7 Å². The molecule has 28 heavy (non-hydrogen) atoms. The third-order valence-electron chi connectivity index (χ3n) is 3.87. The Labute approximate surface area is 160 Å². The van der Waals surface area contributed by atoms with Crippen LogP contribution in [0.25, 0.3) is 0 Å². The summed E-state index contributed by atoms with van der Waals surface area (Å²) in [5.74, 6) is -2.61. The van der Waals surface area contributed by atoms with Gasteiger partial charge in [0.1, 0.15) is 19.8 Å². The molecular weight excluding hydrogens is 396 g/mol. The zero-order chi connectivity index (χ0) is 20.3. The molecule has 0 amide bonds. The predicted octanol–water partition coefficient (Wildman–Crippen LogP) is 2.49. The number of esters is 1. The van der Waals surface area contributed by atoms with Crippen molar-refractivity contribution >= 4 is 21.7 Å². The molecule has 10 heteroatoms. The minimum atomic E-state index is -4.32. The maximum Gasteiger partial charge on any atom is 0.326 e. The maximum absolute atomic E-state index is 13.7. The molecule has 0 spiro atoms. The normalized spacial score (nSPS) is 13.1. The third-order valence-corrected chi connectivity index (χ3v) is 5.64. The predicted molar refractivity (Wildman–Crippen MR) is 95.0 cm³/mol. The van der Waals surface area contributed by atoms with Crippen LogP contribution in [0.15, 0.2) is 41.3 Å². The third kappa shape index (κ3) is 4.01. The quantitative estimate of drug-likeness (QED) is 0.677. The molecule has 150 valence electrons. The number of halogens is 2. The summed E-state index contributed by atoms with van der Waals surface area (Å²) in [6, 6.07) is 6.50. The Balaban J connectivity index is 2.04. The molecule has 3 rings (SSSR count). The van der Waals surface area contributed by atoms with E-state index in [4.69, 9.17) is 14.2 Å². The molecule has 0 saturated carbocycles. The fourth-order valence-corrected chi connectivity index (χ4v) is 4.01. The van der Waals surface area contributed by atoms with Crippen LogP contribution in [0.4, 0.5) is 14.5 Å². The fraction of sp³-hybridized carbons (Fsp3) is 0.278. The Bertz CT molecular complexity index is 996. The zero-order valence-electron chi connectivity index (χ0n) is 14.9. The Morgan fingerprint density at radius 1 is 1.07 bits per heavy atom. The van der Waals surface area contributed by atoms with E-state index in [1.807, 2.05) is 0 Å². The first-order valence-corrected chi connectivity index (χ1v) is 9.80. The minimum absolute atomic E-state index is 0.0362. The van der Waals surface area contributed by atoms with Gasteiger partial charge in [-0.3, -0.25) is 9.10 Å². The van der Waals surface area contributed by atoms with Crippen molar-refractivity contribution in [3.8, 4) is 11.5 Å². The van der Waals surface area contributed by atoms with Crippen molar-refractivity contribution in [3.63, 3.8) is 0 Å². The standard InChI is InChI=1S/C18H17F2NO6S/c1-2-25-18(22)11-21(12-3-5-14(19)15(20)9-12)28(23,24)13-4-6-16-17(10-13)27-8-7-26-16/h3-6,9-10H,2,7-8,11H2,1H3. The number of carbonyl (C=O) groups is 1. The van der Waals surface area contributed by atoms with Gasteiger partial charge < -0.3 is 14.2 Å². The summed E-state index contributed by atoms with van der Waals surface area (Å²) in [5, 5.41) is 0. The molecule has 1 aliphatic rings. The lowest BCUT2D eigenvalue weighted by atomic mass is 10.3. The first kappa shape index (κ1) is 19.9. The number of anilines is 1. The molecule has 1 heterocycles. The Kier molecular flexibility index (Phi) is 5.68. The van der Waals surface area contributed by atoms with Crippen LogP contribution in [0.5, 0.6) is 11.5 Å². The number of fused-ring (bicyclic) bond motifs is 1. The number of carbonyl (C=O) groups excluding carboxylic acids is 1. The second kappa shape index (κ2) is 8.01. The second-order valence-electron chi connectivity index (χ2n) is 5.72. The molecule has 2 aromatic carbocycles. The van der Waals surface area contributed by atoms with E-state index in [2.05, 4.69) is 0 Å². The van der Waals surface area contributed by atoms with Gasteiger partial charge in [-0.15, -0.1) is 0 Å². The van der Waals surface area contributed by atoms with Crippen molar-refractivity contribution in [2.24, 2.45) is 0 Å². The molecule has 0 atom stereocenters. The van der Waals surface area contributed by atoms with Gasteiger partial charge in [0, 0.05) is 12.1 Å². The van der Waals surface area contributed by atoms with E-state index in [1.165, 1.54) is 18.2 Å². The molecule has 0 fully saturated rings. The van der Waals surface area contributed by atoms with Crippen molar-refractivity contribution in [2.45, 2.75) is 11.8 Å². The molecule has 0 bridgehead atoms. The smallest absolute Gasteiger partial charge is 0.326 e. The first-order chi connectivity index (χ1) is 13.3. The van der Waals surface area contributed by atoms with E-state index in [9.17, 15) is 22.0 Å². The van der Waals surface area contributed by atoms with Gasteiger partial charge in [0.25, 0.3) is 10.0 Å². The Hall–Kier alpha value is -2.88. The van der Waals surface area contributed by atoms with Crippen LogP contribution in [0.1, 0.15) is 6.92 Å². The Morgan fingerprint density at radius 2 is 1.79 bits per heavy atom. The molecule has 0 radical (unpaired) electrons. The largest absolute Gasteiger partial charge is 0.486 e. The highest BCUT2D eigenvalue weighted by Gasteiger charge is 2.30. The van der Waals surface area contributed by atoms with Gasteiger partial charge in [-0.1, -0.05) is 0 Å². The van der Waals surface area contributed by atoms with Crippen LogP contribution >= 0.6 is 0 Å². The summed E-state index contributed by atoms with van der Waals surface area (Å²) >= 11 is 0. The van der Waals surface area contributed by atoms with Crippen LogP contribution in [-0.2, 0) is 19.6 Å². The van der Waals surface area contributed by atoms with Crippen molar-refractivity contribution in [1.29, 1.82) is 0 Å². The fourth-order valence-electron chi connectivity index (χ4n) is 2.59. The lowest BCUT2D eigenvalue weighted by Gasteiger charge is -2.25. The van der Waals surface area contributed by atoms with Gasteiger partial charge in [0.2, 0.25) is 0 Å². The van der Waals surface area contributed by atoms with Gasteiger partial charge >= 0.3 is 5.97 Å². The molecule has 0 aliphatic carbocycles.